The first-order chi connectivity index (χ1) is 15.9. The third-order valence-corrected chi connectivity index (χ3v) is 8.20. The molecule has 0 aliphatic rings. The van der Waals surface area contributed by atoms with Crippen molar-refractivity contribution >= 4 is 35.0 Å². The van der Waals surface area contributed by atoms with E-state index in [2.05, 4.69) is 149 Å². The second-order valence-corrected chi connectivity index (χ2v) is 11.5. The Kier molecular flexibility index (Phi) is 7.10. The van der Waals surface area contributed by atoms with Crippen molar-refractivity contribution in [2.24, 2.45) is 5.41 Å². The van der Waals surface area contributed by atoms with Gasteiger partial charge in [0, 0.05) is 5.57 Å². The predicted octanol–water partition coefficient (Wildman–Crippen LogP) is 7.58. The largest absolute Gasteiger partial charge is 0.112 e. The van der Waals surface area contributed by atoms with Crippen LogP contribution in [-0.2, 0) is 0 Å². The molecule has 0 bridgehead atoms. The number of hydrogen-bond donors (Lipinski definition) is 0. The minimum absolute atomic E-state index is 0.0127. The molecule has 0 aliphatic carbocycles. The Balaban J connectivity index is 1.95. The molecule has 0 N–H and O–H groups in total. The number of rotatable bonds is 5. The van der Waals surface area contributed by atoms with Crippen molar-refractivity contribution in [1.82, 2.24) is 0 Å². The Bertz CT molecular complexity index is 1220. The van der Waals surface area contributed by atoms with E-state index in [1.165, 1.54) is 38.2 Å². The molecule has 0 saturated heterocycles. The van der Waals surface area contributed by atoms with Crippen LogP contribution in [0.3, 0.4) is 0 Å². The molecule has 164 valence electrons. The summed E-state index contributed by atoms with van der Waals surface area (Å²) in [7, 11) is -0.677. The molecule has 4 rings (SSSR count). The topological polar surface area (TPSA) is 0 Å². The third kappa shape index (κ3) is 5.43. The minimum Gasteiger partial charge on any atom is -0.112 e. The van der Waals surface area contributed by atoms with Crippen LogP contribution in [0.2, 0.25) is 0 Å². The van der Waals surface area contributed by atoms with Crippen LogP contribution in [0.25, 0.3) is 11.1 Å². The lowest BCUT2D eigenvalue weighted by Crippen LogP contribution is -2.22. The van der Waals surface area contributed by atoms with Gasteiger partial charge in [-0.05, 0) is 52.9 Å². The molecule has 33 heavy (non-hydrogen) atoms. The molecule has 0 heterocycles. The van der Waals surface area contributed by atoms with Gasteiger partial charge in [-0.3, -0.25) is 0 Å². The van der Waals surface area contributed by atoms with Crippen LogP contribution in [0.1, 0.15) is 38.8 Å². The van der Waals surface area contributed by atoms with Crippen molar-refractivity contribution in [3.8, 4) is 0 Å². The number of hydrogen-bond acceptors (Lipinski definition) is 0. The summed E-state index contributed by atoms with van der Waals surface area (Å²) < 4.78 is 0. The summed E-state index contributed by atoms with van der Waals surface area (Å²) in [5.74, 6) is 0. The molecular weight excluding hydrogens is 415 g/mol. The van der Waals surface area contributed by atoms with Crippen LogP contribution in [0.15, 0.2) is 121 Å². The maximum Gasteiger partial charge on any atom is 0.00686 e. The van der Waals surface area contributed by atoms with Gasteiger partial charge in [-0.15, -0.1) is 5.73 Å². The molecule has 0 atom stereocenters. The van der Waals surface area contributed by atoms with Gasteiger partial charge in [0.1, 0.15) is 0 Å². The lowest BCUT2D eigenvalue weighted by atomic mass is 9.82. The van der Waals surface area contributed by atoms with E-state index in [4.69, 9.17) is 0 Å². The predicted molar refractivity (Wildman–Crippen MR) is 147 cm³/mol. The standard InChI is InChI=1S/C32H31P/c1-25(24-30(32(2,3)4)26-16-8-5-9-17-26)29-22-14-15-23-31(29)33(27-18-10-6-11-19-27)28-20-12-7-13-21-28/h5-23H,1-4H3. The Morgan fingerprint density at radius 2 is 1.06 bits per heavy atom. The van der Waals surface area contributed by atoms with E-state index >= 15 is 0 Å². The fourth-order valence-corrected chi connectivity index (χ4v) is 6.63. The molecular formula is C32H31P. The first-order valence-electron chi connectivity index (χ1n) is 11.5. The summed E-state index contributed by atoms with van der Waals surface area (Å²) in [6, 6.07) is 41.3. The van der Waals surface area contributed by atoms with E-state index in [9.17, 15) is 0 Å². The highest BCUT2D eigenvalue weighted by Gasteiger charge is 2.21. The van der Waals surface area contributed by atoms with Crippen LogP contribution in [0.4, 0.5) is 0 Å². The zero-order chi connectivity index (χ0) is 23.3. The summed E-state index contributed by atoms with van der Waals surface area (Å²) in [6.07, 6.45) is 0. The fourth-order valence-electron chi connectivity index (χ4n) is 4.12. The summed E-state index contributed by atoms with van der Waals surface area (Å²) in [5.41, 5.74) is 8.74. The summed E-state index contributed by atoms with van der Waals surface area (Å²) in [4.78, 5) is 0. The molecule has 4 aromatic carbocycles. The van der Waals surface area contributed by atoms with Gasteiger partial charge in [-0.2, -0.15) is 0 Å². The monoisotopic (exact) mass is 446 g/mol. The maximum absolute atomic E-state index is 3.83. The second kappa shape index (κ2) is 10.2. The zero-order valence-corrected chi connectivity index (χ0v) is 20.8. The molecule has 0 fully saturated rings. The van der Waals surface area contributed by atoms with Gasteiger partial charge in [-0.1, -0.05) is 136 Å². The molecule has 0 aliphatic heterocycles. The van der Waals surface area contributed by atoms with Gasteiger partial charge in [0.05, 0.1) is 0 Å². The average molecular weight is 447 g/mol. The summed E-state index contributed by atoms with van der Waals surface area (Å²) >= 11 is 0. The van der Waals surface area contributed by atoms with E-state index < -0.39 is 7.92 Å². The van der Waals surface area contributed by atoms with Gasteiger partial charge in [0.2, 0.25) is 0 Å². The Morgan fingerprint density at radius 3 is 1.58 bits per heavy atom. The molecule has 1 heteroatoms. The summed E-state index contributed by atoms with van der Waals surface area (Å²) in [6.45, 7) is 9.00. The van der Waals surface area contributed by atoms with Crippen molar-refractivity contribution in [1.29, 1.82) is 0 Å². The van der Waals surface area contributed by atoms with Crippen LogP contribution in [-0.4, -0.2) is 0 Å². The first kappa shape index (κ1) is 23.0. The van der Waals surface area contributed by atoms with Gasteiger partial charge in [0.15, 0.2) is 0 Å². The van der Waals surface area contributed by atoms with E-state index in [0.717, 1.165) is 0 Å². The molecule has 4 aromatic rings. The third-order valence-electron chi connectivity index (χ3n) is 5.70. The van der Waals surface area contributed by atoms with Gasteiger partial charge in [-0.25, -0.2) is 0 Å². The van der Waals surface area contributed by atoms with Gasteiger partial charge < -0.3 is 0 Å². The first-order valence-corrected chi connectivity index (χ1v) is 12.8. The maximum atomic E-state index is 3.83. The Hall–Kier alpha value is -3.17. The fraction of sp³-hybridized carbons (Fsp3) is 0.156. The normalized spacial score (nSPS) is 11.2. The van der Waals surface area contributed by atoms with Crippen molar-refractivity contribution in [2.75, 3.05) is 0 Å². The van der Waals surface area contributed by atoms with Crippen LogP contribution in [0, 0.1) is 5.41 Å². The molecule has 0 radical (unpaired) electrons. The lowest BCUT2D eigenvalue weighted by Gasteiger charge is -2.24. The molecule has 0 spiro atoms. The van der Waals surface area contributed by atoms with Crippen LogP contribution >= 0.6 is 7.92 Å². The quantitative estimate of drug-likeness (QED) is 0.219. The highest BCUT2D eigenvalue weighted by Crippen LogP contribution is 2.37. The van der Waals surface area contributed by atoms with Gasteiger partial charge in [0.25, 0.3) is 0 Å². The number of benzene rings is 4. The highest BCUT2D eigenvalue weighted by atomic mass is 31.1. The van der Waals surface area contributed by atoms with Crippen LogP contribution in [0.5, 0.6) is 0 Å². The highest BCUT2D eigenvalue weighted by molar-refractivity contribution is 7.80. The van der Waals surface area contributed by atoms with Crippen LogP contribution < -0.4 is 15.9 Å². The SMILES string of the molecule is CC(=C=C(c1ccccc1)C(C)(C)C)c1ccccc1P(c1ccccc1)c1ccccc1. The molecule has 0 amide bonds. The lowest BCUT2D eigenvalue weighted by molar-refractivity contribution is 0.567. The summed E-state index contributed by atoms with van der Waals surface area (Å²) in [5, 5.41) is 4.10. The molecule has 0 saturated carbocycles. The molecule has 0 unspecified atom stereocenters. The van der Waals surface area contributed by atoms with Crippen molar-refractivity contribution < 1.29 is 0 Å². The van der Waals surface area contributed by atoms with E-state index in [0.29, 0.717) is 0 Å². The zero-order valence-electron chi connectivity index (χ0n) is 19.9. The average Bonchev–Trinajstić information content (AvgIpc) is 2.84. The second-order valence-electron chi connectivity index (χ2n) is 9.26. The Morgan fingerprint density at radius 1 is 0.606 bits per heavy atom. The van der Waals surface area contributed by atoms with E-state index in [1.54, 1.807) is 0 Å². The number of allylic oxidation sites excluding steroid dienone is 1. The van der Waals surface area contributed by atoms with Crippen molar-refractivity contribution in [3.63, 3.8) is 0 Å². The minimum atomic E-state index is -0.677. The van der Waals surface area contributed by atoms with Crippen molar-refractivity contribution in [2.45, 2.75) is 27.7 Å². The molecule has 0 nitrogen and oxygen atoms in total. The smallest absolute Gasteiger partial charge is 0.00686 e. The van der Waals surface area contributed by atoms with E-state index in [-0.39, 0.29) is 5.41 Å². The Labute approximate surface area is 200 Å². The van der Waals surface area contributed by atoms with E-state index in [1.807, 2.05) is 0 Å². The molecule has 0 aromatic heterocycles. The van der Waals surface area contributed by atoms with Crippen molar-refractivity contribution in [3.05, 3.63) is 132 Å². The van der Waals surface area contributed by atoms with Gasteiger partial charge >= 0.3 is 0 Å².